The standard InChI is InChI=1S/C24H27O12P3/c1-34-19-7-13-4-17-11-23(38(28,29)30)21(36-3)9-15(17)6-18-12-24(39(31,32)33)20(35-2)8-14(18)5-16(13)10-22(19)37(25,26)27/h7-12H,4-6H2,1-3H3,(H2,25,26,27)(H2,28,29,30)(H2,31,32,33). The van der Waals surface area contributed by atoms with Crippen LogP contribution < -0.4 is 30.1 Å². The van der Waals surface area contributed by atoms with Gasteiger partial charge in [0.2, 0.25) is 0 Å². The van der Waals surface area contributed by atoms with Crippen LogP contribution in [0.25, 0.3) is 0 Å². The van der Waals surface area contributed by atoms with Crippen LogP contribution in [-0.2, 0) is 33.0 Å². The van der Waals surface area contributed by atoms with Crippen LogP contribution in [0.3, 0.4) is 0 Å². The maximum atomic E-state index is 12.3. The predicted molar refractivity (Wildman–Crippen MR) is 142 cm³/mol. The van der Waals surface area contributed by atoms with Gasteiger partial charge in [-0.15, -0.1) is 0 Å². The summed E-state index contributed by atoms with van der Waals surface area (Å²) >= 11 is 0. The van der Waals surface area contributed by atoms with Crippen molar-refractivity contribution in [2.75, 3.05) is 21.3 Å². The highest BCUT2D eigenvalue weighted by atomic mass is 31.2. The average Bonchev–Trinajstić information content (AvgIpc) is 2.89. The van der Waals surface area contributed by atoms with Gasteiger partial charge in [0.25, 0.3) is 0 Å². The van der Waals surface area contributed by atoms with E-state index in [2.05, 4.69) is 0 Å². The fourth-order valence-corrected chi connectivity index (χ4v) is 7.04. The van der Waals surface area contributed by atoms with Crippen molar-refractivity contribution in [2.45, 2.75) is 19.3 Å². The van der Waals surface area contributed by atoms with E-state index in [1.165, 1.54) is 57.7 Å². The Labute approximate surface area is 223 Å². The smallest absolute Gasteiger partial charge is 0.359 e. The van der Waals surface area contributed by atoms with Crippen molar-refractivity contribution >= 4 is 38.7 Å². The summed E-state index contributed by atoms with van der Waals surface area (Å²) in [6, 6.07) is 8.38. The number of ether oxygens (including phenoxy) is 3. The lowest BCUT2D eigenvalue weighted by Crippen LogP contribution is -2.14. The normalized spacial score (nSPS) is 13.8. The SMILES string of the molecule is COc1cc2c(cc1P(=O)(O)O)Cc1cc(OC)c(P(=O)(O)O)cc1Cc1cc(OC)c(P(=O)(O)O)cc1C2. The lowest BCUT2D eigenvalue weighted by atomic mass is 9.94. The van der Waals surface area contributed by atoms with Crippen molar-refractivity contribution in [2.24, 2.45) is 0 Å². The third-order valence-electron chi connectivity index (χ3n) is 6.59. The minimum atomic E-state index is -4.76. The highest BCUT2D eigenvalue weighted by molar-refractivity contribution is 7.61. The van der Waals surface area contributed by atoms with Crippen LogP contribution in [0.5, 0.6) is 17.2 Å². The Kier molecular flexibility index (Phi) is 7.93. The summed E-state index contributed by atoms with van der Waals surface area (Å²) in [5.74, 6) is -0.163. The molecule has 210 valence electrons. The summed E-state index contributed by atoms with van der Waals surface area (Å²) in [5.41, 5.74) is 3.13. The van der Waals surface area contributed by atoms with E-state index in [1.807, 2.05) is 0 Å². The maximum Gasteiger partial charge on any atom is 0.359 e. The highest BCUT2D eigenvalue weighted by Gasteiger charge is 2.30. The molecule has 4 rings (SSSR count). The number of methoxy groups -OCH3 is 3. The molecule has 3 aromatic carbocycles. The molecule has 0 bridgehead atoms. The number of hydrogen-bond acceptors (Lipinski definition) is 6. The molecule has 0 fully saturated rings. The topological polar surface area (TPSA) is 200 Å². The minimum absolute atomic E-state index is 0.0544. The van der Waals surface area contributed by atoms with Crippen LogP contribution in [0.15, 0.2) is 36.4 Å². The van der Waals surface area contributed by atoms with Gasteiger partial charge in [-0.05, 0) is 89.0 Å². The Hall–Kier alpha value is -2.49. The molecule has 12 nitrogen and oxygen atoms in total. The lowest BCUT2D eigenvalue weighted by molar-refractivity contribution is 0.378. The van der Waals surface area contributed by atoms with Gasteiger partial charge >= 0.3 is 22.8 Å². The molecular weight excluding hydrogens is 573 g/mol. The van der Waals surface area contributed by atoms with Crippen LogP contribution in [0.4, 0.5) is 0 Å². The minimum Gasteiger partial charge on any atom is -0.496 e. The van der Waals surface area contributed by atoms with E-state index in [9.17, 15) is 43.1 Å². The summed E-state index contributed by atoms with van der Waals surface area (Å²) in [6.07, 6.45) is 0.321. The molecule has 15 heteroatoms. The average molecular weight is 600 g/mol. The first-order valence-electron chi connectivity index (χ1n) is 11.3. The van der Waals surface area contributed by atoms with Crippen LogP contribution in [0, 0.1) is 0 Å². The van der Waals surface area contributed by atoms with Gasteiger partial charge in [-0.3, -0.25) is 13.7 Å². The van der Waals surface area contributed by atoms with E-state index in [1.54, 1.807) is 0 Å². The largest absolute Gasteiger partial charge is 0.496 e. The van der Waals surface area contributed by atoms with E-state index in [4.69, 9.17) is 14.2 Å². The third-order valence-corrected chi connectivity index (χ3v) is 9.52. The first-order valence-corrected chi connectivity index (χ1v) is 16.2. The Bertz CT molecular complexity index is 1410. The second kappa shape index (κ2) is 10.5. The quantitative estimate of drug-likeness (QED) is 0.173. The van der Waals surface area contributed by atoms with E-state index in [0.29, 0.717) is 33.4 Å². The Morgan fingerprint density at radius 2 is 0.667 bits per heavy atom. The zero-order valence-corrected chi connectivity index (χ0v) is 23.7. The van der Waals surface area contributed by atoms with Crippen LogP contribution in [0.2, 0.25) is 0 Å². The van der Waals surface area contributed by atoms with Gasteiger partial charge in [-0.1, -0.05) is 0 Å². The summed E-state index contributed by atoms with van der Waals surface area (Å²) in [6.45, 7) is 0. The summed E-state index contributed by atoms with van der Waals surface area (Å²) < 4.78 is 52.5. The number of rotatable bonds is 6. The second-order valence-corrected chi connectivity index (χ2v) is 13.8. The van der Waals surface area contributed by atoms with Crippen molar-refractivity contribution in [3.05, 3.63) is 69.8 Å². The maximum absolute atomic E-state index is 12.3. The van der Waals surface area contributed by atoms with E-state index < -0.39 is 22.8 Å². The first-order chi connectivity index (χ1) is 18.1. The van der Waals surface area contributed by atoms with Crippen LogP contribution in [0.1, 0.15) is 33.4 Å². The molecule has 0 atom stereocenters. The van der Waals surface area contributed by atoms with E-state index in [0.717, 1.165) is 0 Å². The summed E-state index contributed by atoms with van der Waals surface area (Å²) in [7, 11) is -10.5. The molecule has 0 radical (unpaired) electrons. The van der Waals surface area contributed by atoms with Crippen molar-refractivity contribution in [1.29, 1.82) is 0 Å². The van der Waals surface area contributed by atoms with Gasteiger partial charge in [0.05, 0.1) is 21.3 Å². The Balaban J connectivity index is 2.10. The second-order valence-electron chi connectivity index (χ2n) is 9.04. The van der Waals surface area contributed by atoms with Crippen molar-refractivity contribution in [3.8, 4) is 17.2 Å². The fraction of sp³-hybridized carbons (Fsp3) is 0.250. The Morgan fingerprint density at radius 1 is 0.462 bits per heavy atom. The van der Waals surface area contributed by atoms with Crippen molar-refractivity contribution < 1.29 is 57.3 Å². The molecule has 0 saturated carbocycles. The zero-order valence-electron chi connectivity index (χ0n) is 21.1. The molecule has 0 aliphatic heterocycles. The van der Waals surface area contributed by atoms with E-state index in [-0.39, 0.29) is 52.4 Å². The van der Waals surface area contributed by atoms with Crippen molar-refractivity contribution in [1.82, 2.24) is 0 Å². The molecular formula is C24H27O12P3. The number of fused-ring (bicyclic) bond motifs is 3. The molecule has 6 N–H and O–H groups in total. The zero-order chi connectivity index (χ0) is 28.9. The van der Waals surface area contributed by atoms with Crippen LogP contribution in [-0.4, -0.2) is 50.7 Å². The molecule has 3 aromatic rings. The summed E-state index contributed by atoms with van der Waals surface area (Å²) in [4.78, 5) is 59.7. The fourth-order valence-electron chi connectivity index (χ4n) is 4.74. The van der Waals surface area contributed by atoms with Gasteiger partial charge in [0.15, 0.2) is 0 Å². The molecule has 0 amide bonds. The number of benzene rings is 3. The highest BCUT2D eigenvalue weighted by Crippen LogP contribution is 2.43. The molecule has 1 aliphatic rings. The third kappa shape index (κ3) is 6.00. The monoisotopic (exact) mass is 600 g/mol. The first kappa shape index (κ1) is 29.5. The molecule has 1 aliphatic carbocycles. The van der Waals surface area contributed by atoms with Gasteiger partial charge in [0, 0.05) is 0 Å². The van der Waals surface area contributed by atoms with Crippen LogP contribution >= 0.6 is 22.8 Å². The van der Waals surface area contributed by atoms with Gasteiger partial charge in [-0.2, -0.15) is 0 Å². The van der Waals surface area contributed by atoms with Gasteiger partial charge in [-0.25, -0.2) is 0 Å². The predicted octanol–water partition coefficient (Wildman–Crippen LogP) is 1.21. The van der Waals surface area contributed by atoms with Gasteiger partial charge in [0.1, 0.15) is 33.2 Å². The Morgan fingerprint density at radius 3 is 0.846 bits per heavy atom. The molecule has 0 saturated heterocycles. The molecule has 0 spiro atoms. The van der Waals surface area contributed by atoms with Crippen molar-refractivity contribution in [3.63, 3.8) is 0 Å². The van der Waals surface area contributed by atoms with Gasteiger partial charge < -0.3 is 43.6 Å². The number of hydrogen-bond donors (Lipinski definition) is 6. The molecule has 39 heavy (non-hydrogen) atoms. The van der Waals surface area contributed by atoms with E-state index >= 15 is 0 Å². The molecule has 0 heterocycles. The molecule has 0 unspecified atom stereocenters. The summed E-state index contributed by atoms with van der Waals surface area (Å²) in [5, 5.41) is -1.02. The molecule has 0 aromatic heterocycles. The lowest BCUT2D eigenvalue weighted by Gasteiger charge is -2.18.